The molecule has 1 saturated heterocycles. The number of hydrogen-bond acceptors (Lipinski definition) is 3. The first-order chi connectivity index (χ1) is 9.47. The number of rotatable bonds is 3. The number of anilines is 1. The predicted molar refractivity (Wildman–Crippen MR) is 73.0 cm³/mol. The van der Waals surface area contributed by atoms with Crippen LogP contribution < -0.4 is 5.32 Å². The lowest BCUT2D eigenvalue weighted by Crippen LogP contribution is -2.36. The summed E-state index contributed by atoms with van der Waals surface area (Å²) in [5.41, 5.74) is 0.994. The van der Waals surface area contributed by atoms with Gasteiger partial charge in [-0.25, -0.2) is 19.2 Å². The molecule has 0 radical (unpaired) electrons. The molecule has 3 rings (SSSR count). The van der Waals surface area contributed by atoms with Crippen LogP contribution in [0.2, 0.25) is 0 Å². The molecule has 1 aliphatic heterocycles. The number of amides is 1. The van der Waals surface area contributed by atoms with Crippen molar-refractivity contribution in [1.29, 1.82) is 0 Å². The van der Waals surface area contributed by atoms with Gasteiger partial charge in [0.1, 0.15) is 5.82 Å². The number of nitrogens with one attached hydrogen (secondary N) is 1. The van der Waals surface area contributed by atoms with Gasteiger partial charge in [0.05, 0.1) is 0 Å². The fraction of sp³-hybridized carbons (Fsp3) is 0.500. The van der Waals surface area contributed by atoms with Crippen LogP contribution in [-0.2, 0) is 0 Å². The lowest BCUT2D eigenvalue weighted by molar-refractivity contribution is 0.0378. The second-order valence-corrected chi connectivity index (χ2v) is 5.74. The second kappa shape index (κ2) is 4.71. The molecule has 1 aliphatic carbocycles. The van der Waals surface area contributed by atoms with Gasteiger partial charge in [0.25, 0.3) is 0 Å². The summed E-state index contributed by atoms with van der Waals surface area (Å²) >= 11 is 0. The van der Waals surface area contributed by atoms with Gasteiger partial charge in [-0.15, -0.1) is 0 Å². The van der Waals surface area contributed by atoms with E-state index < -0.39 is 6.09 Å². The topological polar surface area (TPSA) is 55.8 Å². The summed E-state index contributed by atoms with van der Waals surface area (Å²) in [6, 6.07) is 4.61. The van der Waals surface area contributed by atoms with E-state index >= 15 is 0 Å². The fourth-order valence-electron chi connectivity index (χ4n) is 3.29. The Balaban J connectivity index is 1.70. The quantitative estimate of drug-likeness (QED) is 0.889. The molecule has 6 heteroatoms. The second-order valence-electron chi connectivity index (χ2n) is 5.74. The standard InChI is InChI=1S/C14H18FN3O2/c1-17(2)18-6-10-11(7-18)13(10)9-4-3-8(5-12(9)15)16-14(19)20/h3-5,10-11,13,16H,6-7H2,1-2H3,(H,19,20). The van der Waals surface area contributed by atoms with E-state index in [2.05, 4.69) is 15.3 Å². The van der Waals surface area contributed by atoms with E-state index in [9.17, 15) is 9.18 Å². The van der Waals surface area contributed by atoms with Crippen LogP contribution in [0.1, 0.15) is 11.5 Å². The third-order valence-electron chi connectivity index (χ3n) is 4.35. The van der Waals surface area contributed by atoms with Crippen molar-refractivity contribution in [1.82, 2.24) is 10.0 Å². The highest BCUT2D eigenvalue weighted by atomic mass is 19.1. The van der Waals surface area contributed by atoms with Gasteiger partial charge >= 0.3 is 6.09 Å². The van der Waals surface area contributed by atoms with Crippen LogP contribution in [0.15, 0.2) is 18.2 Å². The van der Waals surface area contributed by atoms with Crippen LogP contribution in [0.25, 0.3) is 0 Å². The molecule has 1 aromatic rings. The highest BCUT2D eigenvalue weighted by Gasteiger charge is 2.57. The number of carbonyl (C=O) groups is 1. The Morgan fingerprint density at radius 1 is 1.40 bits per heavy atom. The number of carboxylic acid groups (broad SMARTS) is 1. The summed E-state index contributed by atoms with van der Waals surface area (Å²) in [5, 5.41) is 15.1. The van der Waals surface area contributed by atoms with Crippen molar-refractivity contribution in [2.24, 2.45) is 11.8 Å². The number of benzene rings is 1. The molecule has 1 amide bonds. The summed E-state index contributed by atoms with van der Waals surface area (Å²) in [5.74, 6) is 1.01. The van der Waals surface area contributed by atoms with Gasteiger partial charge in [0.15, 0.2) is 0 Å². The van der Waals surface area contributed by atoms with Crippen molar-refractivity contribution in [3.8, 4) is 0 Å². The number of fused-ring (bicyclic) bond motifs is 1. The smallest absolute Gasteiger partial charge is 0.409 e. The largest absolute Gasteiger partial charge is 0.465 e. The van der Waals surface area contributed by atoms with Gasteiger partial charge in [-0.2, -0.15) is 0 Å². The fourth-order valence-corrected chi connectivity index (χ4v) is 3.29. The average molecular weight is 279 g/mol. The maximum atomic E-state index is 14.1. The van der Waals surface area contributed by atoms with Crippen LogP contribution in [0.5, 0.6) is 0 Å². The minimum Gasteiger partial charge on any atom is -0.465 e. The monoisotopic (exact) mass is 279 g/mol. The van der Waals surface area contributed by atoms with E-state index in [1.807, 2.05) is 14.1 Å². The number of hydrazine groups is 1. The van der Waals surface area contributed by atoms with E-state index in [0.29, 0.717) is 17.4 Å². The van der Waals surface area contributed by atoms with Crippen LogP contribution in [0, 0.1) is 17.7 Å². The normalized spacial score (nSPS) is 28.5. The van der Waals surface area contributed by atoms with Crippen LogP contribution in [0.4, 0.5) is 14.9 Å². The van der Waals surface area contributed by atoms with Crippen molar-refractivity contribution in [3.05, 3.63) is 29.6 Å². The molecule has 0 aromatic heterocycles. The minimum absolute atomic E-state index is 0.277. The van der Waals surface area contributed by atoms with Gasteiger partial charge in [-0.05, 0) is 35.4 Å². The van der Waals surface area contributed by atoms with Gasteiger partial charge in [-0.1, -0.05) is 6.07 Å². The Kier molecular flexibility index (Phi) is 3.14. The third-order valence-corrected chi connectivity index (χ3v) is 4.35. The molecule has 1 heterocycles. The molecule has 2 atom stereocenters. The summed E-state index contributed by atoms with van der Waals surface area (Å²) in [6.45, 7) is 1.94. The Morgan fingerprint density at radius 3 is 2.55 bits per heavy atom. The lowest BCUT2D eigenvalue weighted by atomic mass is 10.1. The zero-order valence-corrected chi connectivity index (χ0v) is 11.5. The van der Waals surface area contributed by atoms with Crippen LogP contribution in [0.3, 0.4) is 0 Å². The molecule has 5 nitrogen and oxygen atoms in total. The van der Waals surface area contributed by atoms with Gasteiger partial charge < -0.3 is 5.11 Å². The summed E-state index contributed by atoms with van der Waals surface area (Å²) in [4.78, 5) is 10.5. The lowest BCUT2D eigenvalue weighted by Gasteiger charge is -2.26. The van der Waals surface area contributed by atoms with Crippen LogP contribution in [-0.4, -0.2) is 48.4 Å². The van der Waals surface area contributed by atoms with E-state index in [1.165, 1.54) is 6.07 Å². The molecule has 0 spiro atoms. The van der Waals surface area contributed by atoms with Gasteiger partial charge in [0.2, 0.25) is 0 Å². The summed E-state index contributed by atoms with van der Waals surface area (Å²) in [6.07, 6.45) is -1.18. The molecule has 2 N–H and O–H groups in total. The van der Waals surface area contributed by atoms with Crippen LogP contribution >= 0.6 is 0 Å². The average Bonchev–Trinajstić information content (AvgIpc) is 2.82. The molecule has 108 valence electrons. The zero-order chi connectivity index (χ0) is 14.4. The number of halogens is 1. The Morgan fingerprint density at radius 2 is 2.05 bits per heavy atom. The van der Waals surface area contributed by atoms with Crippen molar-refractivity contribution in [3.63, 3.8) is 0 Å². The molecular formula is C14H18FN3O2. The highest BCUT2D eigenvalue weighted by Crippen LogP contribution is 2.58. The van der Waals surface area contributed by atoms with E-state index in [4.69, 9.17) is 5.11 Å². The molecule has 1 aromatic carbocycles. The highest BCUT2D eigenvalue weighted by molar-refractivity contribution is 5.82. The molecule has 1 saturated carbocycles. The maximum Gasteiger partial charge on any atom is 0.409 e. The third kappa shape index (κ3) is 2.25. The van der Waals surface area contributed by atoms with E-state index in [-0.39, 0.29) is 17.4 Å². The van der Waals surface area contributed by atoms with E-state index in [1.54, 1.807) is 12.1 Å². The first-order valence-corrected chi connectivity index (χ1v) is 6.69. The molecule has 20 heavy (non-hydrogen) atoms. The van der Waals surface area contributed by atoms with Crippen molar-refractivity contribution in [2.75, 3.05) is 32.5 Å². The SMILES string of the molecule is CN(C)N1CC2C(C1)C2c1ccc(NC(=O)O)cc1F. The van der Waals surface area contributed by atoms with Crippen molar-refractivity contribution >= 4 is 11.8 Å². The predicted octanol–water partition coefficient (Wildman–Crippen LogP) is 2.04. The Bertz CT molecular complexity index is 537. The molecule has 2 unspecified atom stereocenters. The first-order valence-electron chi connectivity index (χ1n) is 6.69. The van der Waals surface area contributed by atoms with Gasteiger partial charge in [0, 0.05) is 32.9 Å². The number of nitrogens with zero attached hydrogens (tertiary/aromatic N) is 2. The molecule has 2 aliphatic rings. The Hall–Kier alpha value is -1.66. The maximum absolute atomic E-state index is 14.1. The summed E-state index contributed by atoms with van der Waals surface area (Å²) < 4.78 is 14.1. The van der Waals surface area contributed by atoms with Crippen molar-refractivity contribution in [2.45, 2.75) is 5.92 Å². The molecular weight excluding hydrogens is 261 g/mol. The summed E-state index contributed by atoms with van der Waals surface area (Å²) in [7, 11) is 4.04. The number of piperidine rings is 1. The van der Waals surface area contributed by atoms with Gasteiger partial charge in [-0.3, -0.25) is 5.32 Å². The van der Waals surface area contributed by atoms with E-state index in [0.717, 1.165) is 13.1 Å². The molecule has 0 bridgehead atoms. The van der Waals surface area contributed by atoms with Crippen molar-refractivity contribution < 1.29 is 14.3 Å². The zero-order valence-electron chi connectivity index (χ0n) is 11.5. The first kappa shape index (κ1) is 13.3. The minimum atomic E-state index is -1.18. The number of hydrogen-bond donors (Lipinski definition) is 2. The Labute approximate surface area is 117 Å². The molecule has 2 fully saturated rings.